The van der Waals surface area contributed by atoms with Gasteiger partial charge in [-0.1, -0.05) is 6.07 Å². The van der Waals surface area contributed by atoms with Crippen molar-refractivity contribution < 1.29 is 9.59 Å². The summed E-state index contributed by atoms with van der Waals surface area (Å²) < 4.78 is 0. The normalized spacial score (nSPS) is 18.7. The Hall–Kier alpha value is -1.88. The van der Waals surface area contributed by atoms with Crippen LogP contribution in [0.1, 0.15) is 22.3 Å². The summed E-state index contributed by atoms with van der Waals surface area (Å²) in [5.74, 6) is 0.105. The van der Waals surface area contributed by atoms with Gasteiger partial charge in [-0.15, -0.1) is 0 Å². The van der Waals surface area contributed by atoms with Gasteiger partial charge in [-0.2, -0.15) is 0 Å². The van der Waals surface area contributed by atoms with Gasteiger partial charge in [0.2, 0.25) is 5.91 Å². The predicted octanol–water partition coefficient (Wildman–Crippen LogP) is 0.617. The Bertz CT molecular complexity index is 521. The molecule has 2 N–H and O–H groups in total. The van der Waals surface area contributed by atoms with Gasteiger partial charge < -0.3 is 15.5 Å². The number of carbonyl (C=O) groups is 2. The number of fused-ring (bicyclic) bond motifs is 1. The second-order valence-corrected chi connectivity index (χ2v) is 4.92. The van der Waals surface area contributed by atoms with Gasteiger partial charge in [0.25, 0.3) is 5.91 Å². The number of carbonyl (C=O) groups excluding carboxylic acids is 2. The smallest absolute Gasteiger partial charge is 0.254 e. The van der Waals surface area contributed by atoms with Gasteiger partial charge in [-0.05, 0) is 24.1 Å². The number of rotatable bonds is 1. The van der Waals surface area contributed by atoms with Crippen molar-refractivity contribution in [2.24, 2.45) is 0 Å². The fraction of sp³-hybridized carbons (Fsp3) is 0.429. The second-order valence-electron chi connectivity index (χ2n) is 4.92. The summed E-state index contributed by atoms with van der Waals surface area (Å²) in [7, 11) is 0. The van der Waals surface area contributed by atoms with Crippen LogP contribution >= 0.6 is 0 Å². The van der Waals surface area contributed by atoms with Crippen molar-refractivity contribution in [1.82, 2.24) is 10.2 Å². The molecule has 2 aliphatic rings. The third kappa shape index (κ3) is 2.33. The van der Waals surface area contributed by atoms with Crippen molar-refractivity contribution in [1.29, 1.82) is 0 Å². The maximum Gasteiger partial charge on any atom is 0.254 e. The average Bonchev–Trinajstić information content (AvgIpc) is 2.46. The van der Waals surface area contributed by atoms with E-state index in [0.29, 0.717) is 12.8 Å². The number of piperazine rings is 1. The van der Waals surface area contributed by atoms with Crippen molar-refractivity contribution in [3.05, 3.63) is 29.3 Å². The van der Waals surface area contributed by atoms with E-state index in [9.17, 15) is 9.59 Å². The molecule has 2 aliphatic heterocycles. The fourth-order valence-corrected chi connectivity index (χ4v) is 2.66. The first-order chi connectivity index (χ1) is 9.25. The summed E-state index contributed by atoms with van der Waals surface area (Å²) >= 11 is 0. The summed E-state index contributed by atoms with van der Waals surface area (Å²) in [6.45, 7) is 3.18. The molecule has 2 heterocycles. The predicted molar refractivity (Wildman–Crippen MR) is 72.2 cm³/mol. The lowest BCUT2D eigenvalue weighted by Crippen LogP contribution is -2.46. The topological polar surface area (TPSA) is 61.4 Å². The highest BCUT2D eigenvalue weighted by Crippen LogP contribution is 2.26. The maximum absolute atomic E-state index is 12.5. The van der Waals surface area contributed by atoms with Crippen molar-refractivity contribution in [2.75, 3.05) is 31.5 Å². The summed E-state index contributed by atoms with van der Waals surface area (Å²) in [6.07, 6.45) is 1.11. The van der Waals surface area contributed by atoms with E-state index in [-0.39, 0.29) is 11.8 Å². The largest absolute Gasteiger partial charge is 0.336 e. The molecule has 0 atom stereocenters. The van der Waals surface area contributed by atoms with Gasteiger partial charge in [0.05, 0.1) is 0 Å². The standard InChI is InChI=1S/C14H17N3O2/c18-13-5-4-10-11(2-1-3-12(10)16-13)14(19)17-8-6-15-7-9-17/h1-3,15H,4-9H2,(H,16,18). The molecule has 3 rings (SSSR count). The molecule has 1 fully saturated rings. The van der Waals surface area contributed by atoms with Gasteiger partial charge >= 0.3 is 0 Å². The lowest BCUT2D eigenvalue weighted by molar-refractivity contribution is -0.116. The number of hydrogen-bond acceptors (Lipinski definition) is 3. The van der Waals surface area contributed by atoms with E-state index in [1.54, 1.807) is 0 Å². The summed E-state index contributed by atoms with van der Waals surface area (Å²) in [6, 6.07) is 5.56. The van der Waals surface area contributed by atoms with E-state index in [0.717, 1.165) is 43.0 Å². The molecule has 0 unspecified atom stereocenters. The van der Waals surface area contributed by atoms with E-state index >= 15 is 0 Å². The zero-order valence-corrected chi connectivity index (χ0v) is 10.7. The molecule has 0 aromatic heterocycles. The highest BCUT2D eigenvalue weighted by molar-refractivity contribution is 6.01. The lowest BCUT2D eigenvalue weighted by atomic mass is 9.96. The highest BCUT2D eigenvalue weighted by Gasteiger charge is 2.24. The summed E-state index contributed by atoms with van der Waals surface area (Å²) in [5.41, 5.74) is 2.50. The first kappa shape index (κ1) is 12.2. The van der Waals surface area contributed by atoms with Crippen LogP contribution in [0.25, 0.3) is 0 Å². The third-order valence-electron chi connectivity index (χ3n) is 3.69. The number of anilines is 1. The summed E-state index contributed by atoms with van der Waals surface area (Å²) in [5, 5.41) is 6.07. The molecular formula is C14H17N3O2. The Labute approximate surface area is 112 Å². The molecule has 1 aromatic carbocycles. The number of benzene rings is 1. The molecule has 2 amide bonds. The van der Waals surface area contributed by atoms with Crippen LogP contribution in [-0.4, -0.2) is 42.9 Å². The molecule has 0 spiro atoms. The van der Waals surface area contributed by atoms with E-state index < -0.39 is 0 Å². The third-order valence-corrected chi connectivity index (χ3v) is 3.69. The van der Waals surface area contributed by atoms with Gasteiger partial charge in [0.1, 0.15) is 0 Å². The maximum atomic E-state index is 12.5. The minimum Gasteiger partial charge on any atom is -0.336 e. The summed E-state index contributed by atoms with van der Waals surface area (Å²) in [4.78, 5) is 25.8. The highest BCUT2D eigenvalue weighted by atomic mass is 16.2. The minimum absolute atomic E-state index is 0.0271. The molecular weight excluding hydrogens is 242 g/mol. The molecule has 0 saturated carbocycles. The van der Waals surface area contributed by atoms with Crippen molar-refractivity contribution in [3.63, 3.8) is 0 Å². The molecule has 0 radical (unpaired) electrons. The molecule has 0 aliphatic carbocycles. The minimum atomic E-state index is 0.0271. The zero-order chi connectivity index (χ0) is 13.2. The van der Waals surface area contributed by atoms with E-state index in [1.807, 2.05) is 23.1 Å². The molecule has 1 saturated heterocycles. The Morgan fingerprint density at radius 3 is 2.74 bits per heavy atom. The van der Waals surface area contributed by atoms with Crippen LogP contribution in [0.4, 0.5) is 5.69 Å². The Kier molecular flexibility index (Phi) is 3.21. The molecule has 1 aromatic rings. The van der Waals surface area contributed by atoms with Crippen LogP contribution in [-0.2, 0) is 11.2 Å². The van der Waals surface area contributed by atoms with Crippen LogP contribution in [0.2, 0.25) is 0 Å². The average molecular weight is 259 g/mol. The van der Waals surface area contributed by atoms with Crippen molar-refractivity contribution >= 4 is 17.5 Å². The van der Waals surface area contributed by atoms with Crippen molar-refractivity contribution in [2.45, 2.75) is 12.8 Å². The van der Waals surface area contributed by atoms with E-state index in [1.165, 1.54) is 0 Å². The number of hydrogen-bond donors (Lipinski definition) is 2. The van der Waals surface area contributed by atoms with E-state index in [2.05, 4.69) is 10.6 Å². The van der Waals surface area contributed by atoms with E-state index in [4.69, 9.17) is 0 Å². The SMILES string of the molecule is O=C1CCc2c(cccc2C(=O)N2CCNCC2)N1. The monoisotopic (exact) mass is 259 g/mol. The second kappa shape index (κ2) is 5.01. The van der Waals surface area contributed by atoms with Crippen molar-refractivity contribution in [3.8, 4) is 0 Å². The Balaban J connectivity index is 1.90. The first-order valence-corrected chi connectivity index (χ1v) is 6.67. The quantitative estimate of drug-likeness (QED) is 0.777. The zero-order valence-electron chi connectivity index (χ0n) is 10.7. The molecule has 19 heavy (non-hydrogen) atoms. The Morgan fingerprint density at radius 2 is 1.95 bits per heavy atom. The van der Waals surface area contributed by atoms with Gasteiger partial charge in [-0.25, -0.2) is 0 Å². The lowest BCUT2D eigenvalue weighted by Gasteiger charge is -2.29. The Morgan fingerprint density at radius 1 is 1.16 bits per heavy atom. The number of amides is 2. The molecule has 0 bridgehead atoms. The number of nitrogens with zero attached hydrogens (tertiary/aromatic N) is 1. The van der Waals surface area contributed by atoms with Gasteiger partial charge in [0, 0.05) is 43.9 Å². The number of nitrogens with one attached hydrogen (secondary N) is 2. The van der Waals surface area contributed by atoms with Crippen LogP contribution in [0.15, 0.2) is 18.2 Å². The molecule has 100 valence electrons. The molecule has 5 nitrogen and oxygen atoms in total. The molecule has 5 heteroatoms. The van der Waals surface area contributed by atoms with Crippen LogP contribution in [0, 0.1) is 0 Å². The van der Waals surface area contributed by atoms with Crippen LogP contribution in [0.3, 0.4) is 0 Å². The van der Waals surface area contributed by atoms with Crippen LogP contribution < -0.4 is 10.6 Å². The fourth-order valence-electron chi connectivity index (χ4n) is 2.66. The van der Waals surface area contributed by atoms with Gasteiger partial charge in [0.15, 0.2) is 0 Å². The van der Waals surface area contributed by atoms with Gasteiger partial charge in [-0.3, -0.25) is 9.59 Å². The first-order valence-electron chi connectivity index (χ1n) is 6.67. The van der Waals surface area contributed by atoms with Crippen LogP contribution in [0.5, 0.6) is 0 Å².